The highest BCUT2D eigenvalue weighted by Crippen LogP contribution is 2.30. The van der Waals surface area contributed by atoms with Crippen LogP contribution in [0.2, 0.25) is 0 Å². The van der Waals surface area contributed by atoms with Crippen LogP contribution in [0.15, 0.2) is 73.2 Å². The molecular weight excluding hydrogens is 455 g/mol. The van der Waals surface area contributed by atoms with Crippen molar-refractivity contribution in [1.82, 2.24) is 15.3 Å². The summed E-state index contributed by atoms with van der Waals surface area (Å²) in [6.45, 7) is 2.11. The van der Waals surface area contributed by atoms with E-state index in [1.165, 1.54) is 16.6 Å². The lowest BCUT2D eigenvalue weighted by Crippen LogP contribution is -2.29. The molecule has 0 bridgehead atoms. The van der Waals surface area contributed by atoms with Crippen molar-refractivity contribution in [3.8, 4) is 0 Å². The number of carbonyl (C=O) groups is 1. The number of hydrazine groups is 1. The zero-order chi connectivity index (χ0) is 25.3. The van der Waals surface area contributed by atoms with Crippen molar-refractivity contribution in [3.05, 3.63) is 95.6 Å². The number of alkyl halides is 3. The van der Waals surface area contributed by atoms with Crippen LogP contribution in [0.1, 0.15) is 54.6 Å². The molecule has 0 aliphatic rings. The maximum atomic E-state index is 12.9. The Labute approximate surface area is 202 Å². The van der Waals surface area contributed by atoms with Crippen LogP contribution in [0, 0.1) is 0 Å². The van der Waals surface area contributed by atoms with Gasteiger partial charge in [-0.2, -0.15) is 13.2 Å². The Morgan fingerprint density at radius 3 is 2.51 bits per heavy atom. The summed E-state index contributed by atoms with van der Waals surface area (Å²) in [5, 5.41) is 4.21. The summed E-state index contributed by atoms with van der Waals surface area (Å²) in [5.74, 6) is 6.33. The smallest absolute Gasteiger partial charge is 0.352 e. The molecule has 0 spiro atoms. The van der Waals surface area contributed by atoms with E-state index in [2.05, 4.69) is 28.3 Å². The third-order valence-corrected chi connectivity index (χ3v) is 5.56. The summed E-state index contributed by atoms with van der Waals surface area (Å²) in [6, 6.07) is 13.5. The standard InChI is InChI=1S/C26H28F3N5O/c1-2-6-19-7-3-4-8-22(19)23(33-18-35)9-5-10-24(20-13-15-31-16-14-20)34(30)21-11-12-25(32-17-21)26(27,28)29/h3-4,7-8,10-18,23H,2,5-6,9,30H2,1H3,(H,33,35)/b24-10-. The molecule has 3 rings (SSSR count). The molecule has 1 aromatic carbocycles. The van der Waals surface area contributed by atoms with E-state index in [9.17, 15) is 18.0 Å². The number of aryl methyl sites for hydroxylation is 1. The molecule has 0 radical (unpaired) electrons. The van der Waals surface area contributed by atoms with Crippen LogP contribution in [0.5, 0.6) is 0 Å². The monoisotopic (exact) mass is 483 g/mol. The number of benzene rings is 1. The lowest BCUT2D eigenvalue weighted by molar-refractivity contribution is -0.141. The van der Waals surface area contributed by atoms with E-state index in [0.29, 0.717) is 30.6 Å². The predicted octanol–water partition coefficient (Wildman–Crippen LogP) is 5.44. The number of nitrogens with one attached hydrogen (secondary N) is 1. The normalized spacial score (nSPS) is 12.8. The van der Waals surface area contributed by atoms with E-state index in [4.69, 9.17) is 5.84 Å². The second-order valence-corrected chi connectivity index (χ2v) is 7.96. The molecule has 3 aromatic rings. The van der Waals surface area contributed by atoms with Crippen molar-refractivity contribution in [2.45, 2.75) is 44.8 Å². The summed E-state index contributed by atoms with van der Waals surface area (Å²) in [7, 11) is 0. The second-order valence-electron chi connectivity index (χ2n) is 7.96. The van der Waals surface area contributed by atoms with Gasteiger partial charge in [0, 0.05) is 18.0 Å². The van der Waals surface area contributed by atoms with Crippen molar-refractivity contribution in [1.29, 1.82) is 0 Å². The van der Waals surface area contributed by atoms with E-state index in [1.807, 2.05) is 24.3 Å². The Bertz CT molecular complexity index is 1120. The first-order valence-corrected chi connectivity index (χ1v) is 11.3. The molecule has 0 fully saturated rings. The average molecular weight is 484 g/mol. The van der Waals surface area contributed by atoms with Gasteiger partial charge in [-0.1, -0.05) is 43.7 Å². The lowest BCUT2D eigenvalue weighted by Gasteiger charge is -2.23. The second kappa shape index (κ2) is 12.1. The average Bonchev–Trinajstić information content (AvgIpc) is 2.86. The number of anilines is 1. The van der Waals surface area contributed by atoms with Gasteiger partial charge in [0.1, 0.15) is 5.69 Å². The first kappa shape index (κ1) is 25.9. The van der Waals surface area contributed by atoms with Crippen molar-refractivity contribution in [2.24, 2.45) is 5.84 Å². The lowest BCUT2D eigenvalue weighted by atomic mass is 9.94. The molecule has 0 saturated heterocycles. The third-order valence-electron chi connectivity index (χ3n) is 5.56. The number of nitrogens with two attached hydrogens (primary N) is 1. The number of pyridine rings is 2. The van der Waals surface area contributed by atoms with Crippen molar-refractivity contribution in [3.63, 3.8) is 0 Å². The number of hydrogen-bond acceptors (Lipinski definition) is 5. The van der Waals surface area contributed by atoms with Crippen molar-refractivity contribution < 1.29 is 18.0 Å². The van der Waals surface area contributed by atoms with Crippen LogP contribution in [0.25, 0.3) is 5.70 Å². The van der Waals surface area contributed by atoms with Gasteiger partial charge in [-0.05, 0) is 54.7 Å². The summed E-state index contributed by atoms with van der Waals surface area (Å²) < 4.78 is 38.7. The Morgan fingerprint density at radius 2 is 1.89 bits per heavy atom. The Kier molecular flexibility index (Phi) is 8.97. The fraction of sp³-hybridized carbons (Fsp3) is 0.269. The highest BCUT2D eigenvalue weighted by Gasteiger charge is 2.32. The number of amides is 1. The molecule has 184 valence electrons. The minimum Gasteiger partial charge on any atom is -0.352 e. The molecule has 1 unspecified atom stereocenters. The van der Waals surface area contributed by atoms with Crippen LogP contribution in [0.4, 0.5) is 18.9 Å². The summed E-state index contributed by atoms with van der Waals surface area (Å²) >= 11 is 0. The van der Waals surface area contributed by atoms with E-state index in [1.54, 1.807) is 24.5 Å². The molecular formula is C26H28F3N5O. The highest BCUT2D eigenvalue weighted by molar-refractivity contribution is 5.77. The predicted molar refractivity (Wildman–Crippen MR) is 130 cm³/mol. The molecule has 6 nitrogen and oxygen atoms in total. The van der Waals surface area contributed by atoms with Gasteiger partial charge in [0.15, 0.2) is 0 Å². The highest BCUT2D eigenvalue weighted by atomic mass is 19.4. The number of aromatic nitrogens is 2. The summed E-state index contributed by atoms with van der Waals surface area (Å²) in [6.07, 6.45) is 5.42. The molecule has 0 aliphatic heterocycles. The number of halogens is 3. The van der Waals surface area contributed by atoms with Crippen molar-refractivity contribution >= 4 is 17.8 Å². The van der Waals surface area contributed by atoms with E-state index >= 15 is 0 Å². The molecule has 1 amide bonds. The summed E-state index contributed by atoms with van der Waals surface area (Å²) in [5.41, 5.74) is 2.89. The van der Waals surface area contributed by atoms with Crippen LogP contribution < -0.4 is 16.2 Å². The van der Waals surface area contributed by atoms with Crippen LogP contribution in [-0.4, -0.2) is 16.4 Å². The van der Waals surface area contributed by atoms with E-state index in [-0.39, 0.29) is 6.04 Å². The number of carbonyl (C=O) groups excluding carboxylic acids is 1. The van der Waals surface area contributed by atoms with Gasteiger partial charge in [0.25, 0.3) is 0 Å². The first-order valence-electron chi connectivity index (χ1n) is 11.3. The van der Waals surface area contributed by atoms with Crippen molar-refractivity contribution in [2.75, 3.05) is 5.01 Å². The van der Waals surface area contributed by atoms with Gasteiger partial charge in [-0.15, -0.1) is 0 Å². The number of nitrogens with zero attached hydrogens (tertiary/aromatic N) is 3. The minimum absolute atomic E-state index is 0.191. The van der Waals surface area contributed by atoms with Crippen LogP contribution >= 0.6 is 0 Å². The fourth-order valence-electron chi connectivity index (χ4n) is 3.88. The largest absolute Gasteiger partial charge is 0.433 e. The maximum Gasteiger partial charge on any atom is 0.433 e. The first-order chi connectivity index (χ1) is 16.8. The molecule has 2 heterocycles. The molecule has 1 atom stereocenters. The number of rotatable bonds is 11. The van der Waals surface area contributed by atoms with Gasteiger partial charge in [-0.25, -0.2) is 10.8 Å². The van der Waals surface area contributed by atoms with Crippen LogP contribution in [0.3, 0.4) is 0 Å². The fourth-order valence-corrected chi connectivity index (χ4v) is 3.88. The quantitative estimate of drug-likeness (QED) is 0.216. The van der Waals surface area contributed by atoms with Gasteiger partial charge in [0.2, 0.25) is 6.41 Å². The SMILES string of the molecule is CCCc1ccccc1C(CC/C=C(/c1ccncc1)N(N)c1ccc(C(F)(F)F)nc1)NC=O. The summed E-state index contributed by atoms with van der Waals surface area (Å²) in [4.78, 5) is 18.9. The Hall–Kier alpha value is -3.72. The molecule has 3 N–H and O–H groups in total. The zero-order valence-electron chi connectivity index (χ0n) is 19.4. The van der Waals surface area contributed by atoms with Gasteiger partial charge < -0.3 is 5.32 Å². The number of allylic oxidation sites excluding steroid dienone is 1. The molecule has 9 heteroatoms. The topological polar surface area (TPSA) is 84.1 Å². The molecule has 0 saturated carbocycles. The maximum absolute atomic E-state index is 12.9. The van der Waals surface area contributed by atoms with Gasteiger partial charge in [-0.3, -0.25) is 14.8 Å². The number of hydrogen-bond donors (Lipinski definition) is 2. The Morgan fingerprint density at radius 1 is 1.14 bits per heavy atom. The third kappa shape index (κ3) is 6.89. The van der Waals surface area contributed by atoms with Gasteiger partial charge >= 0.3 is 6.18 Å². The van der Waals surface area contributed by atoms with E-state index in [0.717, 1.165) is 36.2 Å². The molecule has 35 heavy (non-hydrogen) atoms. The van der Waals surface area contributed by atoms with Crippen LogP contribution in [-0.2, 0) is 17.4 Å². The zero-order valence-corrected chi connectivity index (χ0v) is 19.4. The van der Waals surface area contributed by atoms with E-state index < -0.39 is 11.9 Å². The minimum atomic E-state index is -4.53. The molecule has 0 aliphatic carbocycles. The molecule has 2 aromatic heterocycles. The van der Waals surface area contributed by atoms with Gasteiger partial charge in [0.05, 0.1) is 23.6 Å². The Balaban J connectivity index is 1.87.